The molecule has 0 saturated carbocycles. The number of fused-ring (bicyclic) bond motifs is 2. The number of carbonyl (C=O) groups excluding carboxylic acids is 1. The number of anilines is 2. The Morgan fingerprint density at radius 2 is 1.58 bits per heavy atom. The second-order valence-electron chi connectivity index (χ2n) is 6.79. The van der Waals surface area contributed by atoms with Crippen LogP contribution in [-0.4, -0.2) is 34.6 Å². The minimum Gasteiger partial charge on any atom is -0.335 e. The van der Waals surface area contributed by atoms with Crippen LogP contribution in [0.5, 0.6) is 0 Å². The molecule has 0 atom stereocenters. The number of para-hydroxylation sites is 2. The highest BCUT2D eigenvalue weighted by Gasteiger charge is 2.21. The van der Waals surface area contributed by atoms with Gasteiger partial charge in [0.15, 0.2) is 0 Å². The van der Waals surface area contributed by atoms with Crippen molar-refractivity contribution in [2.45, 2.75) is 19.4 Å². The normalized spacial score (nSPS) is 12.9. The molecule has 5 nitrogen and oxygen atoms in total. The van der Waals surface area contributed by atoms with Crippen LogP contribution < -0.4 is 4.90 Å². The molecule has 0 bridgehead atoms. The first-order valence-electron chi connectivity index (χ1n) is 8.81. The number of nitrogens with zero attached hydrogens (tertiary/aromatic N) is 4. The van der Waals surface area contributed by atoms with Crippen molar-refractivity contribution >= 4 is 17.4 Å². The quantitative estimate of drug-likeness (QED) is 0.708. The third kappa shape index (κ3) is 2.96. The molecule has 3 aromatic rings. The highest BCUT2D eigenvalue weighted by molar-refractivity contribution is 5.76. The van der Waals surface area contributed by atoms with E-state index in [9.17, 15) is 4.79 Å². The van der Waals surface area contributed by atoms with Gasteiger partial charge >= 0.3 is 6.03 Å². The van der Waals surface area contributed by atoms with Gasteiger partial charge in [0.05, 0.1) is 12.2 Å². The number of hydrogen-bond donors (Lipinski definition) is 0. The molecule has 0 unspecified atom stereocenters. The Bertz CT molecular complexity index is 897. The van der Waals surface area contributed by atoms with E-state index < -0.39 is 0 Å². The van der Waals surface area contributed by atoms with Gasteiger partial charge in [-0.3, -0.25) is 4.57 Å². The summed E-state index contributed by atoms with van der Waals surface area (Å²) in [7, 11) is 3.48. The molecular weight excluding hydrogens is 324 g/mol. The van der Waals surface area contributed by atoms with Crippen molar-refractivity contribution in [3.05, 3.63) is 77.9 Å². The van der Waals surface area contributed by atoms with Crippen molar-refractivity contribution in [2.75, 3.05) is 19.0 Å². The third-order valence-corrected chi connectivity index (χ3v) is 4.79. The molecule has 1 amide bonds. The largest absolute Gasteiger partial charge is 0.335 e. The van der Waals surface area contributed by atoms with Crippen molar-refractivity contribution in [1.82, 2.24) is 14.5 Å². The van der Waals surface area contributed by atoms with Crippen LogP contribution in [0.25, 0.3) is 0 Å². The Morgan fingerprint density at radius 1 is 1.00 bits per heavy atom. The van der Waals surface area contributed by atoms with Crippen LogP contribution in [-0.2, 0) is 19.4 Å². The summed E-state index contributed by atoms with van der Waals surface area (Å²) >= 11 is 0. The number of imidazole rings is 1. The number of aryl methyl sites for hydroxylation is 2. The Balaban J connectivity index is 1.73. The van der Waals surface area contributed by atoms with Crippen LogP contribution in [0.4, 0.5) is 16.2 Å². The zero-order valence-corrected chi connectivity index (χ0v) is 15.1. The van der Waals surface area contributed by atoms with Gasteiger partial charge in [-0.05, 0) is 36.1 Å². The molecule has 1 aliphatic heterocycles. The van der Waals surface area contributed by atoms with Crippen LogP contribution in [0.3, 0.4) is 0 Å². The van der Waals surface area contributed by atoms with E-state index in [1.165, 1.54) is 27.1 Å². The first kappa shape index (κ1) is 16.4. The highest BCUT2D eigenvalue weighted by Crippen LogP contribution is 2.36. The summed E-state index contributed by atoms with van der Waals surface area (Å²) in [5, 5.41) is 0. The topological polar surface area (TPSA) is 41.4 Å². The van der Waals surface area contributed by atoms with Gasteiger partial charge in [-0.2, -0.15) is 0 Å². The van der Waals surface area contributed by atoms with Crippen LogP contribution in [0.2, 0.25) is 0 Å². The van der Waals surface area contributed by atoms with Crippen LogP contribution in [0.15, 0.2) is 61.1 Å². The lowest BCUT2D eigenvalue weighted by Gasteiger charge is -2.26. The van der Waals surface area contributed by atoms with Gasteiger partial charge in [0.2, 0.25) is 0 Å². The van der Waals surface area contributed by atoms with E-state index in [0.29, 0.717) is 6.54 Å². The van der Waals surface area contributed by atoms with Crippen LogP contribution >= 0.6 is 0 Å². The third-order valence-electron chi connectivity index (χ3n) is 4.79. The van der Waals surface area contributed by atoms with Gasteiger partial charge in [0.25, 0.3) is 0 Å². The molecule has 4 rings (SSSR count). The Kier molecular flexibility index (Phi) is 4.21. The lowest BCUT2D eigenvalue weighted by Crippen LogP contribution is -2.26. The molecule has 2 heterocycles. The van der Waals surface area contributed by atoms with Crippen molar-refractivity contribution in [3.8, 4) is 0 Å². The predicted octanol–water partition coefficient (Wildman–Crippen LogP) is 3.85. The van der Waals surface area contributed by atoms with E-state index in [0.717, 1.165) is 18.5 Å². The smallest absolute Gasteiger partial charge is 0.328 e. The molecule has 1 aromatic heterocycles. The van der Waals surface area contributed by atoms with Crippen LogP contribution in [0.1, 0.15) is 16.8 Å². The second kappa shape index (κ2) is 6.67. The fourth-order valence-corrected chi connectivity index (χ4v) is 3.48. The summed E-state index contributed by atoms with van der Waals surface area (Å²) in [5.41, 5.74) is 5.98. The molecule has 0 N–H and O–H groups in total. The number of carbonyl (C=O) groups is 1. The van der Waals surface area contributed by atoms with Crippen LogP contribution in [0, 0.1) is 0 Å². The van der Waals surface area contributed by atoms with Gasteiger partial charge in [-0.25, -0.2) is 9.78 Å². The van der Waals surface area contributed by atoms with Gasteiger partial charge in [0.1, 0.15) is 6.33 Å². The predicted molar refractivity (Wildman–Crippen MR) is 103 cm³/mol. The lowest BCUT2D eigenvalue weighted by molar-refractivity contribution is 0.219. The van der Waals surface area contributed by atoms with E-state index in [-0.39, 0.29) is 6.03 Å². The molecule has 0 spiro atoms. The number of rotatable bonds is 2. The summed E-state index contributed by atoms with van der Waals surface area (Å²) in [4.78, 5) is 20.5. The summed E-state index contributed by atoms with van der Waals surface area (Å²) < 4.78 is 1.53. The Morgan fingerprint density at radius 3 is 2.15 bits per heavy atom. The molecule has 0 fully saturated rings. The maximum Gasteiger partial charge on any atom is 0.328 e. The minimum absolute atomic E-state index is 0.0968. The number of hydrogen-bond acceptors (Lipinski definition) is 3. The average Bonchev–Trinajstić information content (AvgIpc) is 3.06. The van der Waals surface area contributed by atoms with E-state index in [2.05, 4.69) is 58.4 Å². The zero-order chi connectivity index (χ0) is 18.1. The number of amides is 1. The maximum absolute atomic E-state index is 12.1. The Hall–Kier alpha value is -3.08. The molecule has 26 heavy (non-hydrogen) atoms. The van der Waals surface area contributed by atoms with Crippen molar-refractivity contribution in [3.63, 3.8) is 0 Å². The molecule has 2 aromatic carbocycles. The van der Waals surface area contributed by atoms with Crippen molar-refractivity contribution in [2.24, 2.45) is 0 Å². The standard InChI is InChI=1S/C21H22N4O/c1-23(2)21(26)24-13-18(22-15-24)14-25-19-9-5-3-7-16(19)11-12-17-8-4-6-10-20(17)25/h3-10,13,15H,11-12,14H2,1-2H3. The first-order chi connectivity index (χ1) is 12.6. The lowest BCUT2D eigenvalue weighted by atomic mass is 10.0. The molecule has 132 valence electrons. The molecule has 5 heteroatoms. The second-order valence-corrected chi connectivity index (χ2v) is 6.79. The van der Waals surface area contributed by atoms with Gasteiger partial charge in [0, 0.05) is 31.7 Å². The number of aromatic nitrogens is 2. The van der Waals surface area contributed by atoms with Crippen molar-refractivity contribution in [1.29, 1.82) is 0 Å². The van der Waals surface area contributed by atoms with E-state index in [1.807, 2.05) is 6.20 Å². The van der Waals surface area contributed by atoms with Gasteiger partial charge in [-0.1, -0.05) is 36.4 Å². The summed E-state index contributed by atoms with van der Waals surface area (Å²) in [6, 6.07) is 17.0. The highest BCUT2D eigenvalue weighted by atomic mass is 16.2. The summed E-state index contributed by atoms with van der Waals surface area (Å²) in [6.45, 7) is 0.627. The van der Waals surface area contributed by atoms with E-state index in [1.54, 1.807) is 25.3 Å². The van der Waals surface area contributed by atoms with E-state index in [4.69, 9.17) is 0 Å². The monoisotopic (exact) mass is 346 g/mol. The van der Waals surface area contributed by atoms with E-state index >= 15 is 0 Å². The van der Waals surface area contributed by atoms with Gasteiger partial charge < -0.3 is 9.80 Å². The zero-order valence-electron chi connectivity index (χ0n) is 15.1. The molecule has 0 aliphatic carbocycles. The molecule has 1 aliphatic rings. The SMILES string of the molecule is CN(C)C(=O)n1cnc(CN2c3ccccc3CCc3ccccc32)c1. The van der Waals surface area contributed by atoms with Gasteiger partial charge in [-0.15, -0.1) is 0 Å². The molecule has 0 saturated heterocycles. The molecular formula is C21H22N4O. The minimum atomic E-state index is -0.0968. The fraction of sp³-hybridized carbons (Fsp3) is 0.238. The fourth-order valence-electron chi connectivity index (χ4n) is 3.48. The Labute approximate surface area is 153 Å². The average molecular weight is 346 g/mol. The van der Waals surface area contributed by atoms with Crippen molar-refractivity contribution < 1.29 is 4.79 Å². The number of benzene rings is 2. The summed E-state index contributed by atoms with van der Waals surface area (Å²) in [5.74, 6) is 0. The molecule has 0 radical (unpaired) electrons. The summed E-state index contributed by atoms with van der Waals surface area (Å²) in [6.07, 6.45) is 5.46. The first-order valence-corrected chi connectivity index (χ1v) is 8.81. The maximum atomic E-state index is 12.1.